The molecule has 0 heterocycles. The number of nitrogens with two attached hydrogens (primary N) is 2. The average molecular weight is 445 g/mol. The number of rotatable bonds is 10. The molecule has 0 saturated carbocycles. The lowest BCUT2D eigenvalue weighted by molar-refractivity contribution is 0.307. The van der Waals surface area contributed by atoms with Crippen LogP contribution in [0.4, 0.5) is 0 Å². The SMILES string of the molecule is Cc1cc(OCCCNN=C(N)N)cc(OS(=O)(=O)c2cccc(SCl)c2)c1. The second-order valence-electron chi connectivity index (χ2n) is 5.72. The van der Waals surface area contributed by atoms with E-state index in [-0.39, 0.29) is 16.6 Å². The largest absolute Gasteiger partial charge is 0.493 e. The minimum absolute atomic E-state index is 0.0212. The smallest absolute Gasteiger partial charge is 0.339 e. The quantitative estimate of drug-likeness (QED) is 0.167. The molecule has 152 valence electrons. The Morgan fingerprint density at radius 3 is 2.68 bits per heavy atom. The Kier molecular flexibility index (Phi) is 8.09. The molecule has 0 amide bonds. The molecule has 0 bridgehead atoms. The van der Waals surface area contributed by atoms with Gasteiger partial charge >= 0.3 is 10.1 Å². The third-order valence-corrected chi connectivity index (χ3v) is 5.53. The highest BCUT2D eigenvalue weighted by Crippen LogP contribution is 2.28. The van der Waals surface area contributed by atoms with E-state index in [1.807, 2.05) is 6.92 Å². The summed E-state index contributed by atoms with van der Waals surface area (Å²) in [5.41, 5.74) is 13.9. The molecule has 0 aliphatic rings. The summed E-state index contributed by atoms with van der Waals surface area (Å²) in [6.07, 6.45) is 0.641. The van der Waals surface area contributed by atoms with Crippen molar-refractivity contribution in [3.63, 3.8) is 0 Å². The minimum atomic E-state index is -4.00. The fourth-order valence-electron chi connectivity index (χ4n) is 2.19. The van der Waals surface area contributed by atoms with Gasteiger partial charge in [-0.15, -0.1) is 5.10 Å². The second kappa shape index (κ2) is 10.3. The fraction of sp³-hybridized carbons (Fsp3) is 0.235. The number of nitrogens with one attached hydrogen (secondary N) is 1. The Morgan fingerprint density at radius 2 is 1.96 bits per heavy atom. The van der Waals surface area contributed by atoms with Gasteiger partial charge in [0.05, 0.1) is 6.61 Å². The van der Waals surface area contributed by atoms with Gasteiger partial charge in [0, 0.05) is 23.9 Å². The number of hydrazone groups is 1. The maximum absolute atomic E-state index is 12.5. The van der Waals surface area contributed by atoms with Gasteiger partial charge in [0.1, 0.15) is 16.4 Å². The molecule has 0 atom stereocenters. The lowest BCUT2D eigenvalue weighted by Gasteiger charge is -2.11. The molecule has 2 aromatic rings. The number of benzene rings is 2. The second-order valence-corrected chi connectivity index (χ2v) is 8.35. The molecule has 0 fully saturated rings. The summed E-state index contributed by atoms with van der Waals surface area (Å²) >= 11 is 0. The van der Waals surface area contributed by atoms with Gasteiger partial charge in [-0.05, 0) is 64.5 Å². The molecule has 0 spiro atoms. The van der Waals surface area contributed by atoms with E-state index in [0.717, 1.165) is 16.5 Å². The van der Waals surface area contributed by atoms with Crippen LogP contribution in [-0.2, 0) is 10.1 Å². The Morgan fingerprint density at radius 1 is 1.21 bits per heavy atom. The fourth-order valence-corrected chi connectivity index (χ4v) is 3.81. The molecule has 0 aromatic heterocycles. The first-order valence-corrected chi connectivity index (χ1v) is 11.2. The van der Waals surface area contributed by atoms with Crippen molar-refractivity contribution >= 4 is 37.7 Å². The van der Waals surface area contributed by atoms with Crippen LogP contribution >= 0.6 is 21.7 Å². The van der Waals surface area contributed by atoms with Crippen molar-refractivity contribution in [2.75, 3.05) is 13.2 Å². The summed E-state index contributed by atoms with van der Waals surface area (Å²) < 4.78 is 36.0. The van der Waals surface area contributed by atoms with Gasteiger partial charge in [0.25, 0.3) is 0 Å². The molecule has 0 radical (unpaired) electrons. The van der Waals surface area contributed by atoms with E-state index in [4.69, 9.17) is 31.1 Å². The molecule has 5 N–H and O–H groups in total. The molecule has 0 unspecified atom stereocenters. The predicted octanol–water partition coefficient (Wildman–Crippen LogP) is 2.56. The minimum Gasteiger partial charge on any atom is -0.493 e. The normalized spacial score (nSPS) is 10.9. The highest BCUT2D eigenvalue weighted by atomic mass is 35.7. The number of guanidine groups is 1. The van der Waals surface area contributed by atoms with Crippen LogP contribution in [0.15, 0.2) is 57.4 Å². The lowest BCUT2D eigenvalue weighted by Crippen LogP contribution is -2.27. The van der Waals surface area contributed by atoms with Crippen LogP contribution in [0, 0.1) is 6.92 Å². The van der Waals surface area contributed by atoms with E-state index in [2.05, 4.69) is 10.5 Å². The van der Waals surface area contributed by atoms with Gasteiger partial charge < -0.3 is 25.8 Å². The highest BCUT2D eigenvalue weighted by Gasteiger charge is 2.18. The van der Waals surface area contributed by atoms with Crippen molar-refractivity contribution < 1.29 is 17.3 Å². The van der Waals surface area contributed by atoms with Crippen LogP contribution < -0.4 is 25.8 Å². The van der Waals surface area contributed by atoms with Crippen molar-refractivity contribution in [3.05, 3.63) is 48.0 Å². The Bertz CT molecular complexity index is 935. The summed E-state index contributed by atoms with van der Waals surface area (Å²) in [6.45, 7) is 2.73. The summed E-state index contributed by atoms with van der Waals surface area (Å²) in [5, 5.41) is 3.65. The van der Waals surface area contributed by atoms with E-state index in [9.17, 15) is 8.42 Å². The summed E-state index contributed by atoms with van der Waals surface area (Å²) in [7, 11) is 2.62. The number of halogens is 1. The van der Waals surface area contributed by atoms with Crippen LogP contribution in [0.5, 0.6) is 11.5 Å². The number of hydrogen-bond acceptors (Lipinski definition) is 7. The summed E-state index contributed by atoms with van der Waals surface area (Å²) in [6, 6.07) is 11.1. The topological polar surface area (TPSA) is 129 Å². The molecule has 8 nitrogen and oxygen atoms in total. The summed E-state index contributed by atoms with van der Waals surface area (Å²) in [4.78, 5) is 0.627. The number of nitrogens with zero attached hydrogens (tertiary/aromatic N) is 1. The monoisotopic (exact) mass is 444 g/mol. The first-order valence-electron chi connectivity index (χ1n) is 8.19. The molecule has 0 aliphatic heterocycles. The van der Waals surface area contributed by atoms with E-state index < -0.39 is 10.1 Å². The number of ether oxygens (including phenoxy) is 1. The van der Waals surface area contributed by atoms with Crippen molar-refractivity contribution in [2.45, 2.75) is 23.1 Å². The standard InChI is InChI=1S/C17H21ClN4O4S2/c1-12-8-13(25-7-3-6-21-22-17(19)20)10-14(9-12)26-28(23,24)16-5-2-4-15(11-16)27-18/h2,4-5,8-11,21H,3,6-7H2,1H3,(H4,19,20,22). The molecular weight excluding hydrogens is 424 g/mol. The van der Waals surface area contributed by atoms with Gasteiger partial charge in [-0.1, -0.05) is 6.07 Å². The van der Waals surface area contributed by atoms with Gasteiger partial charge in [0.15, 0.2) is 0 Å². The van der Waals surface area contributed by atoms with Crippen LogP contribution in [0.3, 0.4) is 0 Å². The molecule has 0 saturated heterocycles. The molecule has 11 heteroatoms. The molecule has 2 aromatic carbocycles. The van der Waals surface area contributed by atoms with Gasteiger partial charge in [-0.2, -0.15) is 8.42 Å². The zero-order valence-corrected chi connectivity index (χ0v) is 17.5. The molecule has 28 heavy (non-hydrogen) atoms. The van der Waals surface area contributed by atoms with Gasteiger partial charge in [0.2, 0.25) is 5.96 Å². The first kappa shape index (κ1) is 22.0. The van der Waals surface area contributed by atoms with E-state index in [1.54, 1.807) is 24.3 Å². The third-order valence-electron chi connectivity index (χ3n) is 3.32. The molecular formula is C17H21ClN4O4S2. The Labute approximate surface area is 172 Å². The lowest BCUT2D eigenvalue weighted by atomic mass is 10.2. The van der Waals surface area contributed by atoms with Crippen LogP contribution in [0.1, 0.15) is 12.0 Å². The van der Waals surface area contributed by atoms with Gasteiger partial charge in [-0.3, -0.25) is 0 Å². The Balaban J connectivity index is 2.03. The van der Waals surface area contributed by atoms with Crippen molar-refractivity contribution in [1.82, 2.24) is 5.43 Å². The average Bonchev–Trinajstić information content (AvgIpc) is 2.63. The Hall–Kier alpha value is -2.30. The van der Waals surface area contributed by atoms with Crippen LogP contribution in [-0.4, -0.2) is 27.5 Å². The predicted molar refractivity (Wildman–Crippen MR) is 111 cm³/mol. The van der Waals surface area contributed by atoms with Crippen molar-refractivity contribution in [3.8, 4) is 11.5 Å². The molecule has 0 aliphatic carbocycles. The number of hydrogen-bond donors (Lipinski definition) is 3. The van der Waals surface area contributed by atoms with Crippen molar-refractivity contribution in [1.29, 1.82) is 0 Å². The maximum Gasteiger partial charge on any atom is 0.339 e. The third kappa shape index (κ3) is 7.02. The van der Waals surface area contributed by atoms with E-state index in [0.29, 0.717) is 30.2 Å². The summed E-state index contributed by atoms with van der Waals surface area (Å²) in [5.74, 6) is 0.618. The van der Waals surface area contributed by atoms with E-state index >= 15 is 0 Å². The van der Waals surface area contributed by atoms with E-state index in [1.165, 1.54) is 18.2 Å². The zero-order chi connectivity index (χ0) is 20.6. The van der Waals surface area contributed by atoms with Crippen LogP contribution in [0.25, 0.3) is 0 Å². The van der Waals surface area contributed by atoms with Crippen LogP contribution in [0.2, 0.25) is 0 Å². The highest BCUT2D eigenvalue weighted by molar-refractivity contribution is 8.21. The maximum atomic E-state index is 12.5. The zero-order valence-electron chi connectivity index (χ0n) is 15.1. The molecule has 2 rings (SSSR count). The van der Waals surface area contributed by atoms with Gasteiger partial charge in [-0.25, -0.2) is 0 Å². The first-order chi connectivity index (χ1) is 13.3. The van der Waals surface area contributed by atoms with Crippen molar-refractivity contribution in [2.24, 2.45) is 16.6 Å². The number of aryl methyl sites for hydroxylation is 1.